The number of methoxy groups -OCH3 is 2. The Hall–Kier alpha value is -2.52. The number of aryl methyl sites for hydroxylation is 1. The van der Waals surface area contributed by atoms with Gasteiger partial charge in [-0.25, -0.2) is 8.42 Å². The Morgan fingerprint density at radius 1 is 1.12 bits per heavy atom. The molecule has 0 saturated carbocycles. The third kappa shape index (κ3) is 4.36. The molecule has 0 aliphatic carbocycles. The number of fused-ring (bicyclic) bond motifs is 1. The van der Waals surface area contributed by atoms with Crippen LogP contribution in [0.4, 0.5) is 5.69 Å². The van der Waals surface area contributed by atoms with E-state index < -0.39 is 9.84 Å². The second-order valence-corrected chi connectivity index (χ2v) is 11.4. The summed E-state index contributed by atoms with van der Waals surface area (Å²) in [7, 11) is -0.00261. The Kier molecular flexibility index (Phi) is 6.22. The number of carbonyl (C=O) groups excluding carboxylic acids is 1. The highest BCUT2D eigenvalue weighted by molar-refractivity contribution is 8.16. The Bertz CT molecular complexity index is 1190. The maximum absolute atomic E-state index is 12.9. The topological polar surface area (TPSA) is 85.3 Å². The van der Waals surface area contributed by atoms with Gasteiger partial charge in [-0.05, 0) is 48.7 Å². The first-order valence-corrected chi connectivity index (χ1v) is 13.0. The zero-order valence-electron chi connectivity index (χ0n) is 18.5. The molecule has 0 radical (unpaired) electrons. The fourth-order valence-electron chi connectivity index (χ4n) is 4.15. The van der Waals surface area contributed by atoms with E-state index in [-0.39, 0.29) is 35.1 Å². The molecule has 32 heavy (non-hydrogen) atoms. The molecule has 0 aromatic heterocycles. The third-order valence-electron chi connectivity index (χ3n) is 5.93. The molecule has 2 saturated heterocycles. The molecule has 9 heteroatoms. The molecule has 4 rings (SSSR count). The monoisotopic (exact) mass is 474 g/mol. The van der Waals surface area contributed by atoms with Crippen molar-refractivity contribution < 1.29 is 22.7 Å². The number of amides is 1. The number of thioether (sulfide) groups is 1. The van der Waals surface area contributed by atoms with Crippen LogP contribution in [0.15, 0.2) is 41.4 Å². The number of rotatable bonds is 5. The predicted octanol–water partition coefficient (Wildman–Crippen LogP) is 3.16. The van der Waals surface area contributed by atoms with E-state index in [1.54, 1.807) is 26.4 Å². The Morgan fingerprint density at radius 3 is 2.59 bits per heavy atom. The highest BCUT2D eigenvalue weighted by Gasteiger charge is 2.49. The molecule has 2 aromatic carbocycles. The van der Waals surface area contributed by atoms with Gasteiger partial charge in [0.05, 0.1) is 38.2 Å². The van der Waals surface area contributed by atoms with Crippen molar-refractivity contribution >= 4 is 38.4 Å². The van der Waals surface area contributed by atoms with Gasteiger partial charge in [-0.2, -0.15) is 4.99 Å². The molecule has 2 fully saturated rings. The van der Waals surface area contributed by atoms with E-state index in [4.69, 9.17) is 9.47 Å². The zero-order chi connectivity index (χ0) is 23.0. The molecule has 2 aliphatic rings. The van der Waals surface area contributed by atoms with E-state index in [0.717, 1.165) is 22.4 Å². The van der Waals surface area contributed by atoms with Crippen molar-refractivity contribution in [2.75, 3.05) is 30.6 Å². The van der Waals surface area contributed by atoms with E-state index in [9.17, 15) is 13.2 Å². The number of sulfone groups is 1. The average Bonchev–Trinajstić information content (AvgIpc) is 3.20. The average molecular weight is 475 g/mol. The highest BCUT2D eigenvalue weighted by atomic mass is 32.2. The maximum Gasteiger partial charge on any atom is 0.252 e. The summed E-state index contributed by atoms with van der Waals surface area (Å²) in [6, 6.07) is 11.0. The SMILES string of the molecule is COc1ccc(CC(=O)N=C2S[C@@H]3CS(=O)(=O)C[C@@H]3N2c2cccc(C)c2C)cc1OC. The molecule has 0 N–H and O–H groups in total. The van der Waals surface area contributed by atoms with Crippen LogP contribution in [0.2, 0.25) is 0 Å². The summed E-state index contributed by atoms with van der Waals surface area (Å²) in [6.07, 6.45) is 0.110. The number of hydrogen-bond acceptors (Lipinski definition) is 6. The Morgan fingerprint density at radius 2 is 1.88 bits per heavy atom. The minimum Gasteiger partial charge on any atom is -0.493 e. The summed E-state index contributed by atoms with van der Waals surface area (Å²) in [6.45, 7) is 4.03. The lowest BCUT2D eigenvalue weighted by Crippen LogP contribution is -2.38. The van der Waals surface area contributed by atoms with E-state index in [1.165, 1.54) is 11.8 Å². The van der Waals surface area contributed by atoms with E-state index in [0.29, 0.717) is 16.7 Å². The molecule has 2 aromatic rings. The van der Waals surface area contributed by atoms with Crippen LogP contribution in [0.3, 0.4) is 0 Å². The number of ether oxygens (including phenoxy) is 2. The van der Waals surface area contributed by atoms with E-state index >= 15 is 0 Å². The van der Waals surface area contributed by atoms with Gasteiger partial charge in [0.25, 0.3) is 5.91 Å². The minimum absolute atomic E-state index is 0.0704. The summed E-state index contributed by atoms with van der Waals surface area (Å²) in [5, 5.41) is 0.432. The van der Waals surface area contributed by atoms with Crippen LogP contribution in [0.5, 0.6) is 11.5 Å². The van der Waals surface area contributed by atoms with Gasteiger partial charge in [0.2, 0.25) is 0 Å². The number of hydrogen-bond donors (Lipinski definition) is 0. The Balaban J connectivity index is 1.65. The second kappa shape index (κ2) is 8.78. The minimum atomic E-state index is -3.11. The van der Waals surface area contributed by atoms with E-state index in [2.05, 4.69) is 4.99 Å². The van der Waals surface area contributed by atoms with Crippen LogP contribution in [0.1, 0.15) is 16.7 Å². The largest absolute Gasteiger partial charge is 0.493 e. The lowest BCUT2D eigenvalue weighted by Gasteiger charge is -2.26. The molecule has 2 atom stereocenters. The van der Waals surface area contributed by atoms with Crippen molar-refractivity contribution in [2.45, 2.75) is 31.6 Å². The number of benzene rings is 2. The maximum atomic E-state index is 12.9. The van der Waals surface area contributed by atoms with Gasteiger partial charge in [0.1, 0.15) is 0 Å². The summed E-state index contributed by atoms with van der Waals surface area (Å²) >= 11 is 1.38. The molecule has 170 valence electrons. The van der Waals surface area contributed by atoms with Crippen molar-refractivity contribution in [1.29, 1.82) is 0 Å². The van der Waals surface area contributed by atoms with Crippen LogP contribution >= 0.6 is 11.8 Å². The van der Waals surface area contributed by atoms with Crippen LogP contribution < -0.4 is 14.4 Å². The number of nitrogens with zero attached hydrogens (tertiary/aromatic N) is 2. The molecule has 2 aliphatic heterocycles. The number of aliphatic imine (C=N–C) groups is 1. The van der Waals surface area contributed by atoms with Crippen LogP contribution in [-0.2, 0) is 21.1 Å². The van der Waals surface area contributed by atoms with E-state index in [1.807, 2.05) is 43.0 Å². The van der Waals surface area contributed by atoms with Crippen molar-refractivity contribution in [3.05, 3.63) is 53.1 Å². The fourth-order valence-corrected chi connectivity index (χ4v) is 8.08. The molecule has 0 bridgehead atoms. The van der Waals surface area contributed by atoms with Crippen molar-refractivity contribution in [1.82, 2.24) is 0 Å². The molecular weight excluding hydrogens is 448 g/mol. The second-order valence-electron chi connectivity index (χ2n) is 8.04. The van der Waals surface area contributed by atoms with Crippen LogP contribution in [-0.4, -0.2) is 56.5 Å². The first kappa shape index (κ1) is 22.7. The summed E-state index contributed by atoms with van der Waals surface area (Å²) < 4.78 is 35.1. The molecular formula is C23H26N2O5S2. The van der Waals surface area contributed by atoms with Crippen LogP contribution in [0.25, 0.3) is 0 Å². The van der Waals surface area contributed by atoms with Crippen LogP contribution in [0, 0.1) is 13.8 Å². The summed E-state index contributed by atoms with van der Waals surface area (Å²) in [5.74, 6) is 1.03. The summed E-state index contributed by atoms with van der Waals surface area (Å²) in [5.41, 5.74) is 3.83. The fraction of sp³-hybridized carbons (Fsp3) is 0.391. The van der Waals surface area contributed by atoms with Gasteiger partial charge < -0.3 is 14.4 Å². The normalized spacial score (nSPS) is 22.8. The number of amidine groups is 1. The highest BCUT2D eigenvalue weighted by Crippen LogP contribution is 2.42. The molecule has 1 amide bonds. The van der Waals surface area contributed by atoms with Gasteiger partial charge in [0, 0.05) is 10.9 Å². The molecule has 2 heterocycles. The van der Waals surface area contributed by atoms with Crippen molar-refractivity contribution in [3.63, 3.8) is 0 Å². The predicted molar refractivity (Wildman–Crippen MR) is 128 cm³/mol. The number of carbonyl (C=O) groups is 1. The van der Waals surface area contributed by atoms with Gasteiger partial charge in [-0.1, -0.05) is 30.0 Å². The van der Waals surface area contributed by atoms with Crippen molar-refractivity contribution in [2.24, 2.45) is 4.99 Å². The van der Waals surface area contributed by atoms with Gasteiger partial charge in [-0.15, -0.1) is 0 Å². The van der Waals surface area contributed by atoms with Gasteiger partial charge >= 0.3 is 0 Å². The first-order chi connectivity index (χ1) is 15.2. The smallest absolute Gasteiger partial charge is 0.252 e. The quantitative estimate of drug-likeness (QED) is 0.658. The lowest BCUT2D eigenvalue weighted by atomic mass is 10.1. The molecule has 0 unspecified atom stereocenters. The first-order valence-electron chi connectivity index (χ1n) is 10.3. The Labute approximate surface area is 192 Å². The zero-order valence-corrected chi connectivity index (χ0v) is 20.1. The summed E-state index contributed by atoms with van der Waals surface area (Å²) in [4.78, 5) is 19.3. The number of anilines is 1. The lowest BCUT2D eigenvalue weighted by molar-refractivity contribution is -0.117. The molecule has 0 spiro atoms. The molecule has 7 nitrogen and oxygen atoms in total. The standard InChI is InChI=1S/C23H26N2O5S2/c1-14-6-5-7-17(15(14)2)25-18-12-32(27,28)13-21(18)31-23(25)24-22(26)11-16-8-9-19(29-3)20(10-16)30-4/h5-10,18,21H,11-13H2,1-4H3/t18-,21+/m0/s1. The van der Waals surface area contributed by atoms with Crippen molar-refractivity contribution in [3.8, 4) is 11.5 Å². The third-order valence-corrected chi connectivity index (χ3v) is 9.14. The van der Waals surface area contributed by atoms with Gasteiger partial charge in [0.15, 0.2) is 26.5 Å². The van der Waals surface area contributed by atoms with Gasteiger partial charge in [-0.3, -0.25) is 4.79 Å².